The van der Waals surface area contributed by atoms with Crippen molar-refractivity contribution >= 4 is 6.09 Å². The minimum Gasteiger partial charge on any atom is -0.444 e. The Morgan fingerprint density at radius 1 is 1.45 bits per heavy atom. The van der Waals surface area contributed by atoms with E-state index < -0.39 is 11.7 Å². The van der Waals surface area contributed by atoms with Crippen LogP contribution in [-0.4, -0.2) is 67.3 Å². The van der Waals surface area contributed by atoms with Gasteiger partial charge in [-0.3, -0.25) is 0 Å². The van der Waals surface area contributed by atoms with Gasteiger partial charge >= 0.3 is 6.09 Å². The lowest BCUT2D eigenvalue weighted by atomic mass is 9.85. The molecule has 22 heavy (non-hydrogen) atoms. The van der Waals surface area contributed by atoms with E-state index in [9.17, 15) is 9.90 Å². The lowest BCUT2D eigenvalue weighted by Gasteiger charge is -2.42. The number of amides is 1. The molecule has 0 bridgehead atoms. The molecule has 130 valence electrons. The minimum atomic E-state index is -0.530. The molecule has 4 unspecified atom stereocenters. The lowest BCUT2D eigenvalue weighted by Crippen LogP contribution is -2.53. The summed E-state index contributed by atoms with van der Waals surface area (Å²) in [4.78, 5) is 13.4. The summed E-state index contributed by atoms with van der Waals surface area (Å²) in [6.07, 6.45) is 0.395. The maximum Gasteiger partial charge on any atom is 0.410 e. The van der Waals surface area contributed by atoms with E-state index in [4.69, 9.17) is 14.2 Å². The summed E-state index contributed by atoms with van der Waals surface area (Å²) < 4.78 is 16.2. The number of ether oxygens (including phenoxy) is 3. The molecule has 1 N–H and O–H groups in total. The first-order valence-corrected chi connectivity index (χ1v) is 7.96. The number of aliphatic hydroxyl groups excluding tert-OH is 1. The van der Waals surface area contributed by atoms with Crippen LogP contribution in [0.25, 0.3) is 0 Å². The van der Waals surface area contributed by atoms with Gasteiger partial charge in [-0.2, -0.15) is 0 Å². The van der Waals surface area contributed by atoms with Crippen molar-refractivity contribution in [3.63, 3.8) is 0 Å². The van der Waals surface area contributed by atoms with Crippen LogP contribution in [0.2, 0.25) is 0 Å². The summed E-state index contributed by atoms with van der Waals surface area (Å²) in [6, 6.07) is 0. The van der Waals surface area contributed by atoms with Gasteiger partial charge in [0.1, 0.15) is 11.7 Å². The average Bonchev–Trinajstić information content (AvgIpc) is 2.38. The van der Waals surface area contributed by atoms with Gasteiger partial charge < -0.3 is 24.2 Å². The highest BCUT2D eigenvalue weighted by Gasteiger charge is 2.40. The Kier molecular flexibility index (Phi) is 7.09. The molecule has 0 spiro atoms. The highest BCUT2D eigenvalue weighted by molar-refractivity contribution is 5.67. The Morgan fingerprint density at radius 3 is 2.50 bits per heavy atom. The summed E-state index contributed by atoms with van der Waals surface area (Å²) >= 11 is 0. The Labute approximate surface area is 133 Å². The number of nitrogens with zero attached hydrogens (tertiary/aromatic N) is 1. The Hall–Kier alpha value is -0.850. The summed E-state index contributed by atoms with van der Waals surface area (Å²) in [5, 5.41) is 10.4. The van der Waals surface area contributed by atoms with Gasteiger partial charge in [-0.15, -0.1) is 0 Å². The molecular formula is C16H31NO5. The summed E-state index contributed by atoms with van der Waals surface area (Å²) in [7, 11) is 3.34. The smallest absolute Gasteiger partial charge is 0.410 e. The fourth-order valence-corrected chi connectivity index (χ4v) is 2.58. The van der Waals surface area contributed by atoms with Crippen molar-refractivity contribution in [3.8, 4) is 0 Å². The number of hydrogen-bond acceptors (Lipinski definition) is 5. The second kappa shape index (κ2) is 8.13. The lowest BCUT2D eigenvalue weighted by molar-refractivity contribution is -0.211. The first-order chi connectivity index (χ1) is 10.2. The van der Waals surface area contributed by atoms with E-state index in [2.05, 4.69) is 0 Å². The van der Waals surface area contributed by atoms with Gasteiger partial charge in [-0.25, -0.2) is 4.79 Å². The number of carbonyl (C=O) groups excluding carboxylic acids is 1. The van der Waals surface area contributed by atoms with Crippen molar-refractivity contribution in [2.75, 3.05) is 27.3 Å². The first-order valence-electron chi connectivity index (χ1n) is 7.96. The fourth-order valence-electron chi connectivity index (χ4n) is 2.58. The van der Waals surface area contributed by atoms with Crippen molar-refractivity contribution in [2.24, 2.45) is 5.92 Å². The van der Waals surface area contributed by atoms with E-state index in [-0.39, 0.29) is 24.2 Å². The molecule has 1 aliphatic heterocycles. The van der Waals surface area contributed by atoms with Crippen molar-refractivity contribution in [1.82, 2.24) is 4.90 Å². The third-order valence-corrected chi connectivity index (χ3v) is 3.98. The molecule has 1 saturated heterocycles. The van der Waals surface area contributed by atoms with Gasteiger partial charge in [0.15, 0.2) is 0 Å². The summed E-state index contributed by atoms with van der Waals surface area (Å²) in [5.74, 6) is 0.0192. The molecule has 1 amide bonds. The van der Waals surface area contributed by atoms with Gasteiger partial charge in [-0.1, -0.05) is 6.92 Å². The molecular weight excluding hydrogens is 286 g/mol. The van der Waals surface area contributed by atoms with Crippen LogP contribution < -0.4 is 0 Å². The summed E-state index contributed by atoms with van der Waals surface area (Å²) in [6.45, 7) is 8.55. The predicted molar refractivity (Wildman–Crippen MR) is 83.8 cm³/mol. The highest BCUT2D eigenvalue weighted by Crippen LogP contribution is 2.29. The van der Waals surface area contributed by atoms with Gasteiger partial charge in [0.05, 0.1) is 18.8 Å². The molecule has 0 radical (unpaired) electrons. The zero-order valence-electron chi connectivity index (χ0n) is 14.7. The minimum absolute atomic E-state index is 0.0192. The molecule has 1 heterocycles. The van der Waals surface area contributed by atoms with Crippen LogP contribution in [0, 0.1) is 5.92 Å². The predicted octanol–water partition coefficient (Wildman–Crippen LogP) is 2.04. The molecule has 0 saturated carbocycles. The number of rotatable bonds is 7. The van der Waals surface area contributed by atoms with Crippen LogP contribution in [0.1, 0.15) is 40.5 Å². The maximum atomic E-state index is 11.9. The second-order valence-electron chi connectivity index (χ2n) is 6.90. The Morgan fingerprint density at radius 2 is 2.09 bits per heavy atom. The van der Waals surface area contributed by atoms with E-state index in [1.165, 1.54) is 4.90 Å². The zero-order valence-corrected chi connectivity index (χ0v) is 14.7. The van der Waals surface area contributed by atoms with E-state index in [1.807, 2.05) is 27.7 Å². The van der Waals surface area contributed by atoms with Crippen molar-refractivity contribution < 1.29 is 24.1 Å². The van der Waals surface area contributed by atoms with Crippen molar-refractivity contribution in [1.29, 1.82) is 0 Å². The SMILES string of the molecule is CCC(C(O)CCN(C)C(=O)OC(C)(C)C)C1OCC1OC. The maximum absolute atomic E-state index is 11.9. The number of methoxy groups -OCH3 is 1. The number of aliphatic hydroxyl groups is 1. The van der Waals surface area contributed by atoms with Crippen LogP contribution in [0.4, 0.5) is 4.79 Å². The standard InChI is InChI=1S/C16H31NO5/c1-7-11(14-13(20-6)10-21-14)12(18)8-9-17(5)15(19)22-16(2,3)4/h11-14,18H,7-10H2,1-6H3. The molecule has 4 atom stereocenters. The highest BCUT2D eigenvalue weighted by atomic mass is 16.6. The first kappa shape index (κ1) is 19.2. The van der Waals surface area contributed by atoms with E-state index in [1.54, 1.807) is 14.2 Å². The molecule has 0 aromatic carbocycles. The van der Waals surface area contributed by atoms with Crippen LogP contribution in [-0.2, 0) is 14.2 Å². The van der Waals surface area contributed by atoms with Crippen LogP contribution in [0.15, 0.2) is 0 Å². The zero-order chi connectivity index (χ0) is 16.9. The van der Waals surface area contributed by atoms with Crippen molar-refractivity contribution in [2.45, 2.75) is 64.4 Å². The quantitative estimate of drug-likeness (QED) is 0.778. The molecule has 1 fully saturated rings. The third kappa shape index (κ3) is 5.41. The van der Waals surface area contributed by atoms with Gasteiger partial charge in [0, 0.05) is 26.6 Å². The van der Waals surface area contributed by atoms with Crippen molar-refractivity contribution in [3.05, 3.63) is 0 Å². The molecule has 6 heteroatoms. The second-order valence-corrected chi connectivity index (χ2v) is 6.90. The van der Waals surface area contributed by atoms with E-state index >= 15 is 0 Å². The molecule has 0 aliphatic carbocycles. The topological polar surface area (TPSA) is 68.2 Å². The number of hydrogen-bond donors (Lipinski definition) is 1. The molecule has 1 rings (SSSR count). The van der Waals surface area contributed by atoms with E-state index in [0.29, 0.717) is 19.6 Å². The third-order valence-electron chi connectivity index (χ3n) is 3.98. The van der Waals surface area contributed by atoms with Crippen LogP contribution >= 0.6 is 0 Å². The van der Waals surface area contributed by atoms with E-state index in [0.717, 1.165) is 6.42 Å². The Bertz CT molecular complexity index is 353. The van der Waals surface area contributed by atoms with Gasteiger partial charge in [-0.05, 0) is 33.6 Å². The van der Waals surface area contributed by atoms with Crippen LogP contribution in [0.5, 0.6) is 0 Å². The monoisotopic (exact) mass is 317 g/mol. The number of carbonyl (C=O) groups is 1. The molecule has 1 aliphatic rings. The van der Waals surface area contributed by atoms with Gasteiger partial charge in [0.2, 0.25) is 0 Å². The Balaban J connectivity index is 2.43. The molecule has 0 aromatic rings. The molecule has 0 aromatic heterocycles. The summed E-state index contributed by atoms with van der Waals surface area (Å²) in [5.41, 5.74) is -0.513. The average molecular weight is 317 g/mol. The normalized spacial score (nSPS) is 24.3. The molecule has 6 nitrogen and oxygen atoms in total. The van der Waals surface area contributed by atoms with Crippen LogP contribution in [0.3, 0.4) is 0 Å². The largest absolute Gasteiger partial charge is 0.444 e. The van der Waals surface area contributed by atoms with Gasteiger partial charge in [0.25, 0.3) is 0 Å². The fraction of sp³-hybridized carbons (Fsp3) is 0.938.